The van der Waals surface area contributed by atoms with Gasteiger partial charge in [-0.05, 0) is 73.5 Å². The summed E-state index contributed by atoms with van der Waals surface area (Å²) in [6.45, 7) is 3.59. The summed E-state index contributed by atoms with van der Waals surface area (Å²) in [5, 5.41) is 15.3. The van der Waals surface area contributed by atoms with Crippen LogP contribution in [0.15, 0.2) is 72.3 Å². The summed E-state index contributed by atoms with van der Waals surface area (Å²) >= 11 is 0. The summed E-state index contributed by atoms with van der Waals surface area (Å²) in [5.41, 5.74) is 2.42. The van der Waals surface area contributed by atoms with Crippen molar-refractivity contribution in [1.82, 2.24) is 10.2 Å². The van der Waals surface area contributed by atoms with Gasteiger partial charge in [0.25, 0.3) is 0 Å². The second-order valence-electron chi connectivity index (χ2n) is 10.1. The predicted octanol–water partition coefficient (Wildman–Crippen LogP) is 6.00. The molecule has 0 radical (unpaired) electrons. The van der Waals surface area contributed by atoms with Crippen LogP contribution in [-0.4, -0.2) is 54.3 Å². The summed E-state index contributed by atoms with van der Waals surface area (Å²) in [6.07, 6.45) is 10.0. The van der Waals surface area contributed by atoms with Crippen molar-refractivity contribution in [2.24, 2.45) is 0 Å². The average molecular weight is 485 g/mol. The molecule has 1 aliphatic carbocycles. The highest BCUT2D eigenvalue weighted by molar-refractivity contribution is 5.88. The number of nitrogens with zero attached hydrogens (tertiary/aromatic N) is 1. The van der Waals surface area contributed by atoms with Gasteiger partial charge < -0.3 is 20.1 Å². The van der Waals surface area contributed by atoms with Crippen LogP contribution in [0.2, 0.25) is 0 Å². The van der Waals surface area contributed by atoms with Crippen LogP contribution in [-0.2, 0) is 0 Å². The number of fused-ring (bicyclic) bond motifs is 1. The second-order valence-corrected chi connectivity index (χ2v) is 10.1. The van der Waals surface area contributed by atoms with E-state index in [4.69, 9.17) is 4.74 Å². The predicted molar refractivity (Wildman–Crippen MR) is 146 cm³/mol. The zero-order valence-electron chi connectivity index (χ0n) is 20.9. The number of ether oxygens (including phenoxy) is 1. The Morgan fingerprint density at radius 1 is 0.944 bits per heavy atom. The maximum absolute atomic E-state index is 11.2. The van der Waals surface area contributed by atoms with Crippen molar-refractivity contribution in [1.29, 1.82) is 0 Å². The normalized spacial score (nSPS) is 18.1. The first-order valence-corrected chi connectivity index (χ1v) is 13.3. The van der Waals surface area contributed by atoms with Crippen LogP contribution >= 0.6 is 0 Å². The Morgan fingerprint density at radius 2 is 1.67 bits per heavy atom. The second kappa shape index (κ2) is 11.7. The zero-order chi connectivity index (χ0) is 24.7. The average Bonchev–Trinajstić information content (AvgIpc) is 3.46. The van der Waals surface area contributed by atoms with Crippen molar-refractivity contribution < 1.29 is 14.6 Å². The van der Waals surface area contributed by atoms with E-state index in [-0.39, 0.29) is 0 Å². The Labute approximate surface area is 213 Å². The monoisotopic (exact) mass is 484 g/mol. The molecule has 0 amide bonds. The summed E-state index contributed by atoms with van der Waals surface area (Å²) in [6, 6.07) is 22.8. The molecule has 0 unspecified atom stereocenters. The van der Waals surface area contributed by atoms with E-state index in [9.17, 15) is 9.90 Å². The van der Waals surface area contributed by atoms with Gasteiger partial charge in [0.1, 0.15) is 12.4 Å². The highest BCUT2D eigenvalue weighted by Gasteiger charge is 2.26. The number of rotatable bonds is 9. The molecule has 36 heavy (non-hydrogen) atoms. The van der Waals surface area contributed by atoms with E-state index >= 15 is 0 Å². The quantitative estimate of drug-likeness (QED) is 0.390. The molecule has 3 aromatic rings. The molecule has 5 nitrogen and oxygen atoms in total. The third kappa shape index (κ3) is 6.15. The molecule has 1 saturated carbocycles. The van der Waals surface area contributed by atoms with Crippen LogP contribution in [0, 0.1) is 0 Å². The van der Waals surface area contributed by atoms with E-state index in [0.29, 0.717) is 18.2 Å². The molecule has 0 aromatic heterocycles. The Kier molecular flexibility index (Phi) is 7.99. The molecule has 2 fully saturated rings. The number of carbonyl (C=O) groups is 1. The van der Waals surface area contributed by atoms with Crippen molar-refractivity contribution >= 4 is 22.8 Å². The molecule has 5 rings (SSSR count). The van der Waals surface area contributed by atoms with Gasteiger partial charge in [0.05, 0.1) is 5.56 Å². The number of piperidine rings is 1. The van der Waals surface area contributed by atoms with Gasteiger partial charge in [0, 0.05) is 24.0 Å². The van der Waals surface area contributed by atoms with Crippen LogP contribution in [0.25, 0.3) is 16.8 Å². The number of likely N-dealkylation sites (tertiary alicyclic amines) is 1. The van der Waals surface area contributed by atoms with Crippen LogP contribution in [0.3, 0.4) is 0 Å². The maximum atomic E-state index is 11.2. The molecule has 2 aliphatic rings. The number of hydrogen-bond donors (Lipinski definition) is 2. The molecule has 1 saturated heterocycles. The summed E-state index contributed by atoms with van der Waals surface area (Å²) in [5.74, 6) is -0.0271. The van der Waals surface area contributed by atoms with Crippen molar-refractivity contribution in [2.45, 2.75) is 50.6 Å². The molecular formula is C31H36N2O3. The zero-order valence-corrected chi connectivity index (χ0v) is 20.9. The standard InChI is InChI=1S/C31H36N2O3/c34-31(35)26-14-12-23(13-15-26)20-24(22-36-30-11-5-7-25-6-1-4-10-29(25)30)21-32-27-16-18-33(19-17-27)28-8-2-3-9-28/h1,4-7,10-15,20,27-28,32H,2-3,8-9,16-19,21-22H2,(H,34,35)/b24-20-. The van der Waals surface area contributed by atoms with E-state index < -0.39 is 5.97 Å². The maximum Gasteiger partial charge on any atom is 0.335 e. The fraction of sp³-hybridized carbons (Fsp3) is 0.387. The number of aromatic carboxylic acids is 1. The molecule has 5 heteroatoms. The first-order chi connectivity index (χ1) is 17.7. The highest BCUT2D eigenvalue weighted by Crippen LogP contribution is 2.27. The minimum absolute atomic E-state index is 0.299. The SMILES string of the molecule is O=C(O)c1ccc(/C=C(/CNC2CCN(C3CCCC3)CC2)COc2cccc3ccccc23)cc1. The minimum Gasteiger partial charge on any atom is -0.489 e. The van der Waals surface area contributed by atoms with E-state index in [0.717, 1.165) is 40.2 Å². The van der Waals surface area contributed by atoms with E-state index in [1.807, 2.05) is 36.4 Å². The van der Waals surface area contributed by atoms with E-state index in [2.05, 4.69) is 34.5 Å². The fourth-order valence-corrected chi connectivity index (χ4v) is 5.61. The van der Waals surface area contributed by atoms with Crippen molar-refractivity contribution in [3.63, 3.8) is 0 Å². The van der Waals surface area contributed by atoms with Crippen LogP contribution in [0.4, 0.5) is 0 Å². The van der Waals surface area contributed by atoms with Crippen LogP contribution < -0.4 is 10.1 Å². The Balaban J connectivity index is 1.26. The van der Waals surface area contributed by atoms with Crippen LogP contribution in [0.1, 0.15) is 54.4 Å². The summed E-state index contributed by atoms with van der Waals surface area (Å²) < 4.78 is 6.33. The van der Waals surface area contributed by atoms with Gasteiger partial charge in [0.2, 0.25) is 0 Å². The van der Waals surface area contributed by atoms with E-state index in [1.165, 1.54) is 51.6 Å². The summed E-state index contributed by atoms with van der Waals surface area (Å²) in [7, 11) is 0. The number of benzene rings is 3. The topological polar surface area (TPSA) is 61.8 Å². The minimum atomic E-state index is -0.907. The number of hydrogen-bond acceptors (Lipinski definition) is 4. The van der Waals surface area contributed by atoms with Gasteiger partial charge >= 0.3 is 5.97 Å². The molecule has 0 atom stereocenters. The van der Waals surface area contributed by atoms with E-state index in [1.54, 1.807) is 12.1 Å². The van der Waals surface area contributed by atoms with Crippen molar-refractivity contribution in [3.8, 4) is 5.75 Å². The first-order valence-electron chi connectivity index (χ1n) is 13.3. The largest absolute Gasteiger partial charge is 0.489 e. The molecule has 1 aliphatic heterocycles. The first kappa shape index (κ1) is 24.5. The Bertz CT molecular complexity index is 1180. The number of nitrogens with one attached hydrogen (secondary N) is 1. The number of carboxylic acid groups (broad SMARTS) is 1. The lowest BCUT2D eigenvalue weighted by atomic mass is 10.0. The van der Waals surface area contributed by atoms with Crippen molar-refractivity contribution in [2.75, 3.05) is 26.2 Å². The third-order valence-corrected chi connectivity index (χ3v) is 7.68. The molecule has 2 N–H and O–H groups in total. The van der Waals surface area contributed by atoms with Gasteiger partial charge in [-0.1, -0.05) is 67.4 Å². The lowest BCUT2D eigenvalue weighted by Gasteiger charge is -2.36. The molecule has 3 aromatic carbocycles. The lowest BCUT2D eigenvalue weighted by Crippen LogP contribution is -2.46. The molecule has 0 spiro atoms. The fourth-order valence-electron chi connectivity index (χ4n) is 5.61. The Hall–Kier alpha value is -3.15. The molecular weight excluding hydrogens is 448 g/mol. The molecule has 188 valence electrons. The van der Waals surface area contributed by atoms with Gasteiger partial charge in [0.15, 0.2) is 0 Å². The van der Waals surface area contributed by atoms with Crippen LogP contribution in [0.5, 0.6) is 5.75 Å². The Morgan fingerprint density at radius 3 is 2.42 bits per heavy atom. The van der Waals surface area contributed by atoms with Gasteiger partial charge in [-0.2, -0.15) is 0 Å². The smallest absolute Gasteiger partial charge is 0.335 e. The van der Waals surface area contributed by atoms with Gasteiger partial charge in [-0.3, -0.25) is 0 Å². The van der Waals surface area contributed by atoms with Gasteiger partial charge in [-0.25, -0.2) is 4.79 Å². The molecule has 0 bridgehead atoms. The van der Waals surface area contributed by atoms with Crippen molar-refractivity contribution in [3.05, 3.63) is 83.4 Å². The third-order valence-electron chi connectivity index (χ3n) is 7.68. The number of carboxylic acids is 1. The summed E-state index contributed by atoms with van der Waals surface area (Å²) in [4.78, 5) is 13.9. The van der Waals surface area contributed by atoms with Gasteiger partial charge in [-0.15, -0.1) is 0 Å². The highest BCUT2D eigenvalue weighted by atomic mass is 16.5. The lowest BCUT2D eigenvalue weighted by molar-refractivity contribution is 0.0697. The molecule has 1 heterocycles.